The summed E-state index contributed by atoms with van der Waals surface area (Å²) in [6, 6.07) is 14.5. The van der Waals surface area contributed by atoms with Crippen LogP contribution in [-0.4, -0.2) is 41.8 Å². The number of carbonyl (C=O) groups is 3. The number of carbonyl (C=O) groups excluding carboxylic acids is 3. The summed E-state index contributed by atoms with van der Waals surface area (Å²) in [7, 11) is 0. The Morgan fingerprint density at radius 1 is 1.07 bits per heavy atom. The fourth-order valence-electron chi connectivity index (χ4n) is 3.55. The van der Waals surface area contributed by atoms with Gasteiger partial charge in [0.2, 0.25) is 11.8 Å². The molecule has 30 heavy (non-hydrogen) atoms. The number of amides is 3. The molecule has 1 aliphatic heterocycles. The number of piperidine rings is 1. The normalized spacial score (nSPS) is 14.3. The van der Waals surface area contributed by atoms with Gasteiger partial charge in [-0.25, -0.2) is 0 Å². The molecule has 0 bridgehead atoms. The van der Waals surface area contributed by atoms with E-state index in [9.17, 15) is 14.4 Å². The van der Waals surface area contributed by atoms with Crippen LogP contribution in [0, 0.1) is 0 Å². The molecule has 0 unspecified atom stereocenters. The summed E-state index contributed by atoms with van der Waals surface area (Å²) in [6.07, 6.45) is 2.55. The monoisotopic (exact) mass is 427 g/mol. The Bertz CT molecular complexity index is 906. The topological polar surface area (TPSA) is 78.5 Å². The molecule has 6 nitrogen and oxygen atoms in total. The van der Waals surface area contributed by atoms with Gasteiger partial charge in [-0.2, -0.15) is 0 Å². The smallest absolute Gasteiger partial charge is 0.253 e. The number of nitrogens with one attached hydrogen (secondary N) is 2. The molecule has 2 aromatic rings. The van der Waals surface area contributed by atoms with Crippen molar-refractivity contribution in [1.29, 1.82) is 0 Å². The van der Waals surface area contributed by atoms with Crippen molar-refractivity contribution >= 4 is 35.0 Å². The van der Waals surface area contributed by atoms with E-state index in [1.165, 1.54) is 6.92 Å². The number of nitrogens with zero attached hydrogens (tertiary/aromatic N) is 1. The van der Waals surface area contributed by atoms with Gasteiger partial charge in [0.05, 0.1) is 0 Å². The van der Waals surface area contributed by atoms with Crippen LogP contribution in [-0.2, 0) is 16.0 Å². The largest absolute Gasteiger partial charge is 0.353 e. The summed E-state index contributed by atoms with van der Waals surface area (Å²) in [4.78, 5) is 38.0. The second kappa shape index (κ2) is 10.3. The van der Waals surface area contributed by atoms with Gasteiger partial charge in [-0.1, -0.05) is 29.8 Å². The highest BCUT2D eigenvalue weighted by molar-refractivity contribution is 6.30. The molecule has 0 aliphatic carbocycles. The van der Waals surface area contributed by atoms with Crippen LogP contribution in [0.3, 0.4) is 0 Å². The molecule has 3 rings (SSSR count). The Morgan fingerprint density at radius 2 is 1.77 bits per heavy atom. The van der Waals surface area contributed by atoms with Crippen molar-refractivity contribution in [3.63, 3.8) is 0 Å². The number of likely N-dealkylation sites (tertiary alicyclic amines) is 1. The SMILES string of the molecule is CC(=O)Nc1cccc(C(=O)N2CCC(NC(=O)CCc3ccc(Cl)cc3)CC2)c1. The summed E-state index contributed by atoms with van der Waals surface area (Å²) in [5.41, 5.74) is 2.24. The molecular weight excluding hydrogens is 402 g/mol. The minimum atomic E-state index is -0.174. The number of rotatable bonds is 6. The zero-order valence-electron chi connectivity index (χ0n) is 17.0. The van der Waals surface area contributed by atoms with Gasteiger partial charge in [0, 0.05) is 48.7 Å². The van der Waals surface area contributed by atoms with Crippen molar-refractivity contribution in [2.45, 2.75) is 38.6 Å². The van der Waals surface area contributed by atoms with Crippen molar-refractivity contribution in [1.82, 2.24) is 10.2 Å². The molecule has 1 aliphatic rings. The maximum absolute atomic E-state index is 12.8. The Balaban J connectivity index is 1.45. The third-order valence-corrected chi connectivity index (χ3v) is 5.38. The number of hydrogen-bond acceptors (Lipinski definition) is 3. The minimum absolute atomic E-state index is 0.0257. The van der Waals surface area contributed by atoms with E-state index in [0.29, 0.717) is 42.2 Å². The third kappa shape index (κ3) is 6.32. The van der Waals surface area contributed by atoms with Crippen LogP contribution in [0.2, 0.25) is 5.02 Å². The van der Waals surface area contributed by atoms with Crippen molar-refractivity contribution in [3.05, 3.63) is 64.7 Å². The number of hydrogen-bond donors (Lipinski definition) is 2. The molecule has 1 saturated heterocycles. The number of benzene rings is 2. The second-order valence-corrected chi connectivity index (χ2v) is 7.96. The lowest BCUT2D eigenvalue weighted by atomic mass is 10.0. The number of anilines is 1. The van der Waals surface area contributed by atoms with E-state index >= 15 is 0 Å². The molecule has 0 spiro atoms. The van der Waals surface area contributed by atoms with Gasteiger partial charge >= 0.3 is 0 Å². The zero-order valence-corrected chi connectivity index (χ0v) is 17.7. The van der Waals surface area contributed by atoms with Crippen molar-refractivity contribution < 1.29 is 14.4 Å². The van der Waals surface area contributed by atoms with Crippen molar-refractivity contribution in [2.24, 2.45) is 0 Å². The molecule has 0 aromatic heterocycles. The summed E-state index contributed by atoms with van der Waals surface area (Å²) in [5.74, 6) is -0.209. The summed E-state index contributed by atoms with van der Waals surface area (Å²) in [6.45, 7) is 2.61. The predicted octanol–water partition coefficient (Wildman–Crippen LogP) is 3.65. The van der Waals surface area contributed by atoms with Gasteiger partial charge in [0.25, 0.3) is 5.91 Å². The molecule has 1 fully saturated rings. The van der Waals surface area contributed by atoms with E-state index in [-0.39, 0.29) is 23.8 Å². The highest BCUT2D eigenvalue weighted by atomic mass is 35.5. The Morgan fingerprint density at radius 3 is 2.43 bits per heavy atom. The van der Waals surface area contributed by atoms with Gasteiger partial charge in [0.1, 0.15) is 0 Å². The Labute approximate surface area is 181 Å². The van der Waals surface area contributed by atoms with Crippen LogP contribution in [0.5, 0.6) is 0 Å². The van der Waals surface area contributed by atoms with Gasteiger partial charge in [-0.3, -0.25) is 14.4 Å². The quantitative estimate of drug-likeness (QED) is 0.738. The lowest BCUT2D eigenvalue weighted by Gasteiger charge is -2.32. The van der Waals surface area contributed by atoms with Gasteiger partial charge in [-0.05, 0) is 55.2 Å². The van der Waals surface area contributed by atoms with Crippen LogP contribution in [0.25, 0.3) is 0 Å². The van der Waals surface area contributed by atoms with Crippen LogP contribution in [0.15, 0.2) is 48.5 Å². The molecule has 0 saturated carbocycles. The van der Waals surface area contributed by atoms with E-state index in [2.05, 4.69) is 10.6 Å². The third-order valence-electron chi connectivity index (χ3n) is 5.13. The molecule has 0 atom stereocenters. The fraction of sp³-hybridized carbons (Fsp3) is 0.348. The summed E-state index contributed by atoms with van der Waals surface area (Å²) >= 11 is 5.88. The van der Waals surface area contributed by atoms with Crippen molar-refractivity contribution in [2.75, 3.05) is 18.4 Å². The van der Waals surface area contributed by atoms with E-state index in [1.54, 1.807) is 29.2 Å². The van der Waals surface area contributed by atoms with Crippen molar-refractivity contribution in [3.8, 4) is 0 Å². The Kier molecular flexibility index (Phi) is 7.46. The van der Waals surface area contributed by atoms with E-state index < -0.39 is 0 Å². The number of aryl methyl sites for hydroxylation is 1. The molecule has 2 N–H and O–H groups in total. The van der Waals surface area contributed by atoms with Crippen LogP contribution >= 0.6 is 11.6 Å². The predicted molar refractivity (Wildman–Crippen MR) is 118 cm³/mol. The summed E-state index contributed by atoms with van der Waals surface area (Å²) in [5, 5.41) is 6.46. The van der Waals surface area contributed by atoms with E-state index in [4.69, 9.17) is 11.6 Å². The maximum Gasteiger partial charge on any atom is 0.253 e. The molecule has 1 heterocycles. The molecule has 0 radical (unpaired) electrons. The van der Waals surface area contributed by atoms with Crippen LogP contribution < -0.4 is 10.6 Å². The molecular formula is C23H26ClN3O3. The van der Waals surface area contributed by atoms with E-state index in [1.807, 2.05) is 24.3 Å². The lowest BCUT2D eigenvalue weighted by Crippen LogP contribution is -2.46. The molecule has 7 heteroatoms. The first kappa shape index (κ1) is 21.8. The Hall–Kier alpha value is -2.86. The van der Waals surface area contributed by atoms with Gasteiger partial charge in [0.15, 0.2) is 0 Å². The minimum Gasteiger partial charge on any atom is -0.353 e. The van der Waals surface area contributed by atoms with Gasteiger partial charge < -0.3 is 15.5 Å². The fourth-order valence-corrected chi connectivity index (χ4v) is 3.68. The highest BCUT2D eigenvalue weighted by Gasteiger charge is 2.24. The molecule has 3 amide bonds. The van der Waals surface area contributed by atoms with Gasteiger partial charge in [-0.15, -0.1) is 0 Å². The average Bonchev–Trinajstić information content (AvgIpc) is 2.73. The first-order chi connectivity index (χ1) is 14.4. The lowest BCUT2D eigenvalue weighted by molar-refractivity contribution is -0.122. The standard InChI is InChI=1S/C23H26ClN3O3/c1-16(28)25-21-4-2-3-18(15-21)23(30)27-13-11-20(12-14-27)26-22(29)10-7-17-5-8-19(24)9-6-17/h2-6,8-9,15,20H,7,10-14H2,1H3,(H,25,28)(H,26,29). The average molecular weight is 428 g/mol. The highest BCUT2D eigenvalue weighted by Crippen LogP contribution is 2.17. The molecule has 158 valence electrons. The first-order valence-corrected chi connectivity index (χ1v) is 10.5. The number of halogens is 1. The maximum atomic E-state index is 12.8. The second-order valence-electron chi connectivity index (χ2n) is 7.52. The zero-order chi connectivity index (χ0) is 21.5. The molecule has 2 aromatic carbocycles. The van der Waals surface area contributed by atoms with Crippen LogP contribution in [0.4, 0.5) is 5.69 Å². The first-order valence-electron chi connectivity index (χ1n) is 10.1. The summed E-state index contributed by atoms with van der Waals surface area (Å²) < 4.78 is 0. The van der Waals surface area contributed by atoms with Crippen LogP contribution in [0.1, 0.15) is 42.1 Å². The van der Waals surface area contributed by atoms with E-state index in [0.717, 1.165) is 18.4 Å².